The lowest BCUT2D eigenvalue weighted by Gasteiger charge is -2.32. The van der Waals surface area contributed by atoms with E-state index in [-0.39, 0.29) is 18.9 Å². The molecule has 0 amide bonds. The standard InChI is InChI=1S/C15H14F3N3O4S/c1-26(24,25)21-8-10(14(22)23)7-20-13(21)12(6-19-20)9-2-4-11(5-3-9)15(16,17)18/h2-6,10H,7-8H2,1H3,(H,22,23). The molecule has 0 radical (unpaired) electrons. The number of rotatable bonds is 3. The van der Waals surface area contributed by atoms with E-state index in [4.69, 9.17) is 0 Å². The highest BCUT2D eigenvalue weighted by molar-refractivity contribution is 7.92. The number of anilines is 1. The highest BCUT2D eigenvalue weighted by Gasteiger charge is 2.36. The topological polar surface area (TPSA) is 92.5 Å². The van der Waals surface area contributed by atoms with Crippen LogP contribution in [0.5, 0.6) is 0 Å². The van der Waals surface area contributed by atoms with Gasteiger partial charge in [-0.15, -0.1) is 0 Å². The van der Waals surface area contributed by atoms with Crippen LogP contribution in [0.1, 0.15) is 5.56 Å². The molecule has 2 aromatic rings. The first-order chi connectivity index (χ1) is 12.0. The van der Waals surface area contributed by atoms with E-state index in [9.17, 15) is 31.5 Å². The van der Waals surface area contributed by atoms with Crippen LogP contribution in [0.4, 0.5) is 19.0 Å². The van der Waals surface area contributed by atoms with E-state index in [1.165, 1.54) is 23.0 Å². The number of aromatic nitrogens is 2. The Morgan fingerprint density at radius 2 is 1.85 bits per heavy atom. The Labute approximate surface area is 146 Å². The van der Waals surface area contributed by atoms with Gasteiger partial charge in [0.25, 0.3) is 0 Å². The first-order valence-electron chi connectivity index (χ1n) is 7.42. The fraction of sp³-hybridized carbons (Fsp3) is 0.333. The van der Waals surface area contributed by atoms with Crippen LogP contribution in [0.15, 0.2) is 30.5 Å². The summed E-state index contributed by atoms with van der Waals surface area (Å²) in [4.78, 5) is 11.3. The van der Waals surface area contributed by atoms with Crippen LogP contribution in [0.2, 0.25) is 0 Å². The van der Waals surface area contributed by atoms with Gasteiger partial charge in [0.05, 0.1) is 37.0 Å². The predicted molar refractivity (Wildman–Crippen MR) is 86.0 cm³/mol. The summed E-state index contributed by atoms with van der Waals surface area (Å²) >= 11 is 0. The van der Waals surface area contributed by atoms with Crippen LogP contribution in [0.3, 0.4) is 0 Å². The van der Waals surface area contributed by atoms with Crippen molar-refractivity contribution in [2.24, 2.45) is 5.92 Å². The molecule has 1 atom stereocenters. The smallest absolute Gasteiger partial charge is 0.416 e. The third kappa shape index (κ3) is 3.26. The third-order valence-corrected chi connectivity index (χ3v) is 5.22. The number of alkyl halides is 3. The van der Waals surface area contributed by atoms with E-state index >= 15 is 0 Å². The summed E-state index contributed by atoms with van der Waals surface area (Å²) in [6, 6.07) is 4.24. The Morgan fingerprint density at radius 3 is 2.35 bits per heavy atom. The minimum Gasteiger partial charge on any atom is -0.481 e. The van der Waals surface area contributed by atoms with Crippen molar-refractivity contribution in [3.05, 3.63) is 36.0 Å². The van der Waals surface area contributed by atoms with Crippen molar-refractivity contribution in [2.45, 2.75) is 12.7 Å². The molecule has 1 aliphatic rings. The summed E-state index contributed by atoms with van der Waals surface area (Å²) in [6.07, 6.45) is -2.23. The van der Waals surface area contributed by atoms with E-state index in [1.54, 1.807) is 0 Å². The van der Waals surface area contributed by atoms with Gasteiger partial charge in [0.2, 0.25) is 10.0 Å². The van der Waals surface area contributed by atoms with Crippen molar-refractivity contribution in [2.75, 3.05) is 17.1 Å². The van der Waals surface area contributed by atoms with E-state index in [2.05, 4.69) is 5.10 Å². The molecule has 1 unspecified atom stereocenters. The largest absolute Gasteiger partial charge is 0.481 e. The van der Waals surface area contributed by atoms with Crippen LogP contribution >= 0.6 is 0 Å². The Morgan fingerprint density at radius 1 is 1.23 bits per heavy atom. The third-order valence-electron chi connectivity index (χ3n) is 4.10. The van der Waals surface area contributed by atoms with Crippen LogP contribution in [-0.2, 0) is 27.5 Å². The van der Waals surface area contributed by atoms with E-state index in [0.29, 0.717) is 11.1 Å². The van der Waals surface area contributed by atoms with Gasteiger partial charge in [0, 0.05) is 5.56 Å². The number of nitrogens with zero attached hydrogens (tertiary/aromatic N) is 3. The number of halogens is 3. The minimum atomic E-state index is -4.48. The quantitative estimate of drug-likeness (QED) is 0.867. The van der Waals surface area contributed by atoms with Gasteiger partial charge >= 0.3 is 12.1 Å². The molecule has 0 saturated heterocycles. The molecule has 1 aromatic heterocycles. The molecule has 7 nitrogen and oxygen atoms in total. The summed E-state index contributed by atoms with van der Waals surface area (Å²) in [6.45, 7) is -0.301. The molecule has 1 aromatic carbocycles. The molecule has 1 aliphatic heterocycles. The number of carboxylic acids is 1. The van der Waals surface area contributed by atoms with Crippen LogP contribution in [-0.4, -0.2) is 42.1 Å². The van der Waals surface area contributed by atoms with Gasteiger partial charge in [0.1, 0.15) is 5.82 Å². The summed E-state index contributed by atoms with van der Waals surface area (Å²) in [5, 5.41) is 13.2. The molecule has 0 bridgehead atoms. The van der Waals surface area contributed by atoms with Crippen molar-refractivity contribution in [3.63, 3.8) is 0 Å². The lowest BCUT2D eigenvalue weighted by molar-refractivity contribution is -0.142. The molecule has 140 valence electrons. The van der Waals surface area contributed by atoms with Gasteiger partial charge in [-0.05, 0) is 17.7 Å². The van der Waals surface area contributed by atoms with Gasteiger partial charge in [-0.25, -0.2) is 13.1 Å². The first-order valence-corrected chi connectivity index (χ1v) is 9.27. The molecular formula is C15H14F3N3O4S. The second-order valence-electron chi connectivity index (χ2n) is 5.97. The first kappa shape index (κ1) is 18.2. The Balaban J connectivity index is 2.09. The fourth-order valence-electron chi connectivity index (χ4n) is 2.82. The average molecular weight is 389 g/mol. The van der Waals surface area contributed by atoms with E-state index in [1.807, 2.05) is 0 Å². The van der Waals surface area contributed by atoms with E-state index in [0.717, 1.165) is 22.7 Å². The summed E-state index contributed by atoms with van der Waals surface area (Å²) in [5.41, 5.74) is -0.164. The average Bonchev–Trinajstić information content (AvgIpc) is 2.96. The SMILES string of the molecule is CS(=O)(=O)N1CC(C(=O)O)Cn2ncc(-c3ccc(C(F)(F)F)cc3)c21. The van der Waals surface area contributed by atoms with Crippen molar-refractivity contribution in [3.8, 4) is 11.1 Å². The number of fused-ring (bicyclic) bond motifs is 1. The van der Waals surface area contributed by atoms with Crippen LogP contribution in [0, 0.1) is 5.92 Å². The second-order valence-corrected chi connectivity index (χ2v) is 7.88. The number of carbonyl (C=O) groups is 1. The molecule has 0 fully saturated rings. The van der Waals surface area contributed by atoms with Gasteiger partial charge in [-0.1, -0.05) is 12.1 Å². The minimum absolute atomic E-state index is 0.0304. The monoisotopic (exact) mass is 389 g/mol. The predicted octanol–water partition coefficient (Wildman–Crippen LogP) is 2.05. The van der Waals surface area contributed by atoms with E-state index < -0.39 is 33.7 Å². The molecule has 0 spiro atoms. The van der Waals surface area contributed by atoms with Crippen molar-refractivity contribution >= 4 is 21.8 Å². The molecule has 0 saturated carbocycles. The fourth-order valence-corrected chi connectivity index (χ4v) is 3.78. The highest BCUT2D eigenvalue weighted by Crippen LogP contribution is 2.37. The summed E-state index contributed by atoms with van der Waals surface area (Å²) in [5.74, 6) is -1.99. The zero-order valence-corrected chi connectivity index (χ0v) is 14.3. The van der Waals surface area contributed by atoms with Crippen LogP contribution < -0.4 is 4.31 Å². The lowest BCUT2D eigenvalue weighted by Crippen LogP contribution is -2.44. The van der Waals surface area contributed by atoms with Gasteiger partial charge in [-0.2, -0.15) is 18.3 Å². The Kier molecular flexibility index (Phi) is 4.21. The molecule has 26 heavy (non-hydrogen) atoms. The van der Waals surface area contributed by atoms with Crippen molar-refractivity contribution < 1.29 is 31.5 Å². The zero-order valence-electron chi connectivity index (χ0n) is 13.4. The molecule has 0 aliphatic carbocycles. The zero-order chi connectivity index (χ0) is 19.3. The number of carboxylic acid groups (broad SMARTS) is 1. The Hall–Kier alpha value is -2.56. The lowest BCUT2D eigenvalue weighted by atomic mass is 10.0. The number of hydrogen-bond donors (Lipinski definition) is 1. The second kappa shape index (κ2) is 6.01. The summed E-state index contributed by atoms with van der Waals surface area (Å²) < 4.78 is 64.6. The van der Waals surface area contributed by atoms with Crippen molar-refractivity contribution in [1.29, 1.82) is 0 Å². The molecule has 11 heteroatoms. The molecule has 1 N–H and O–H groups in total. The maximum absolute atomic E-state index is 12.7. The molecule has 3 rings (SSSR count). The molecular weight excluding hydrogens is 375 g/mol. The molecule has 2 heterocycles. The maximum Gasteiger partial charge on any atom is 0.416 e. The normalized spacial score (nSPS) is 17.8. The van der Waals surface area contributed by atoms with Crippen molar-refractivity contribution in [1.82, 2.24) is 9.78 Å². The number of hydrogen-bond acceptors (Lipinski definition) is 4. The highest BCUT2D eigenvalue weighted by atomic mass is 32.2. The number of benzene rings is 1. The van der Waals surface area contributed by atoms with Gasteiger partial charge in [-0.3, -0.25) is 9.10 Å². The number of aliphatic carboxylic acids is 1. The number of sulfonamides is 1. The van der Waals surface area contributed by atoms with Gasteiger partial charge < -0.3 is 5.11 Å². The van der Waals surface area contributed by atoms with Gasteiger partial charge in [0.15, 0.2) is 0 Å². The summed E-state index contributed by atoms with van der Waals surface area (Å²) in [7, 11) is -3.81. The van der Waals surface area contributed by atoms with Crippen LogP contribution in [0.25, 0.3) is 11.1 Å². The Bertz CT molecular complexity index is 952. The maximum atomic E-state index is 12.7.